The van der Waals surface area contributed by atoms with E-state index in [2.05, 4.69) is 20.3 Å². The van der Waals surface area contributed by atoms with Gasteiger partial charge in [0.1, 0.15) is 5.82 Å². The molecule has 4 nitrogen and oxygen atoms in total. The van der Waals surface area contributed by atoms with Crippen LogP contribution in [0.15, 0.2) is 48.9 Å². The van der Waals surface area contributed by atoms with E-state index in [9.17, 15) is 13.2 Å². The minimum atomic E-state index is -4.35. The van der Waals surface area contributed by atoms with Crippen LogP contribution in [0.1, 0.15) is 31.2 Å². The maximum Gasteiger partial charge on any atom is 0.416 e. The molecule has 0 aliphatic heterocycles. The number of benzene rings is 1. The summed E-state index contributed by atoms with van der Waals surface area (Å²) in [5, 5.41) is 3.45. The highest BCUT2D eigenvalue weighted by Crippen LogP contribution is 2.34. The number of H-pyrrole nitrogens is 1. The average molecular weight is 372 g/mol. The van der Waals surface area contributed by atoms with E-state index >= 15 is 0 Å². The first-order valence-electron chi connectivity index (χ1n) is 8.95. The molecule has 0 atom stereocenters. The Bertz CT molecular complexity index is 909. The lowest BCUT2D eigenvalue weighted by atomic mass is 10.0. The second kappa shape index (κ2) is 7.06. The van der Waals surface area contributed by atoms with Gasteiger partial charge in [-0.3, -0.25) is 0 Å². The lowest BCUT2D eigenvalue weighted by molar-refractivity contribution is -0.137. The summed E-state index contributed by atoms with van der Waals surface area (Å²) in [4.78, 5) is 11.8. The number of pyridine rings is 1. The van der Waals surface area contributed by atoms with Crippen molar-refractivity contribution in [2.24, 2.45) is 0 Å². The molecule has 27 heavy (non-hydrogen) atoms. The monoisotopic (exact) mass is 372 g/mol. The van der Waals surface area contributed by atoms with E-state index in [0.29, 0.717) is 23.0 Å². The molecular weight excluding hydrogens is 353 g/mol. The topological polar surface area (TPSA) is 53.6 Å². The van der Waals surface area contributed by atoms with Gasteiger partial charge < -0.3 is 10.3 Å². The standard InChI is InChI=1S/C20H19F3N4/c21-20(22,23)15-7-5-13(6-8-15)18-19(26-12-25-18)14-9-10-24-17(11-14)27-16-3-1-2-4-16/h5-12,16H,1-4H2,(H,24,27)(H,25,26). The Hall–Kier alpha value is -2.83. The SMILES string of the molecule is FC(F)(F)c1ccc(-c2[nH]cnc2-c2ccnc(NC3CCCC3)c2)cc1. The quantitative estimate of drug-likeness (QED) is 0.635. The predicted molar refractivity (Wildman–Crippen MR) is 98.1 cm³/mol. The van der Waals surface area contributed by atoms with Crippen LogP contribution >= 0.6 is 0 Å². The fraction of sp³-hybridized carbons (Fsp3) is 0.300. The van der Waals surface area contributed by atoms with Gasteiger partial charge >= 0.3 is 6.18 Å². The molecule has 1 fully saturated rings. The van der Waals surface area contributed by atoms with E-state index < -0.39 is 11.7 Å². The fourth-order valence-electron chi connectivity index (χ4n) is 3.50. The van der Waals surface area contributed by atoms with Crippen molar-refractivity contribution in [3.05, 3.63) is 54.5 Å². The van der Waals surface area contributed by atoms with E-state index in [1.807, 2.05) is 12.1 Å². The minimum absolute atomic E-state index is 0.446. The van der Waals surface area contributed by atoms with Crippen molar-refractivity contribution in [3.63, 3.8) is 0 Å². The fourth-order valence-corrected chi connectivity index (χ4v) is 3.50. The molecule has 1 saturated carbocycles. The highest BCUT2D eigenvalue weighted by atomic mass is 19.4. The smallest absolute Gasteiger partial charge is 0.367 e. The van der Waals surface area contributed by atoms with E-state index in [1.54, 1.807) is 12.5 Å². The van der Waals surface area contributed by atoms with Crippen LogP contribution in [-0.4, -0.2) is 21.0 Å². The van der Waals surface area contributed by atoms with Gasteiger partial charge in [-0.1, -0.05) is 25.0 Å². The number of alkyl halides is 3. The van der Waals surface area contributed by atoms with E-state index in [-0.39, 0.29) is 0 Å². The molecule has 0 amide bonds. The summed E-state index contributed by atoms with van der Waals surface area (Å²) in [6.07, 6.45) is 3.67. The lowest BCUT2D eigenvalue weighted by Gasteiger charge is -2.13. The Kier molecular flexibility index (Phi) is 4.59. The zero-order valence-corrected chi connectivity index (χ0v) is 14.6. The van der Waals surface area contributed by atoms with Gasteiger partial charge in [0.2, 0.25) is 0 Å². The highest BCUT2D eigenvalue weighted by Gasteiger charge is 2.30. The summed E-state index contributed by atoms with van der Waals surface area (Å²) in [7, 11) is 0. The van der Waals surface area contributed by atoms with Crippen LogP contribution in [0.3, 0.4) is 0 Å². The van der Waals surface area contributed by atoms with Gasteiger partial charge in [0.25, 0.3) is 0 Å². The number of nitrogens with zero attached hydrogens (tertiary/aromatic N) is 2. The molecule has 3 aromatic rings. The number of hydrogen-bond acceptors (Lipinski definition) is 3. The summed E-state index contributed by atoms with van der Waals surface area (Å²) >= 11 is 0. The molecule has 0 bridgehead atoms. The van der Waals surface area contributed by atoms with Gasteiger partial charge in [0.15, 0.2) is 0 Å². The van der Waals surface area contributed by atoms with Crippen molar-refractivity contribution in [2.45, 2.75) is 37.9 Å². The van der Waals surface area contributed by atoms with Crippen LogP contribution in [-0.2, 0) is 6.18 Å². The van der Waals surface area contributed by atoms with Gasteiger partial charge in [-0.05, 0) is 37.1 Å². The molecular formula is C20H19F3N4. The summed E-state index contributed by atoms with van der Waals surface area (Å²) < 4.78 is 38.4. The van der Waals surface area contributed by atoms with Crippen molar-refractivity contribution >= 4 is 5.82 Å². The summed E-state index contributed by atoms with van der Waals surface area (Å²) in [5.74, 6) is 0.792. The summed E-state index contributed by atoms with van der Waals surface area (Å²) in [5.41, 5.74) is 2.21. The molecule has 2 N–H and O–H groups in total. The van der Waals surface area contributed by atoms with Crippen LogP contribution in [0, 0.1) is 0 Å². The number of aromatic nitrogens is 3. The Labute approximate surface area is 154 Å². The Balaban J connectivity index is 1.62. The van der Waals surface area contributed by atoms with Crippen molar-refractivity contribution in [3.8, 4) is 22.5 Å². The predicted octanol–water partition coefficient (Wildman–Crippen LogP) is 5.51. The van der Waals surface area contributed by atoms with Gasteiger partial charge in [-0.2, -0.15) is 13.2 Å². The van der Waals surface area contributed by atoms with Crippen molar-refractivity contribution < 1.29 is 13.2 Å². The van der Waals surface area contributed by atoms with Gasteiger partial charge in [-0.25, -0.2) is 9.97 Å². The van der Waals surface area contributed by atoms with Crippen molar-refractivity contribution in [1.82, 2.24) is 15.0 Å². The molecule has 0 radical (unpaired) electrons. The van der Waals surface area contributed by atoms with Crippen LogP contribution in [0.5, 0.6) is 0 Å². The first kappa shape index (κ1) is 17.6. The number of imidazole rings is 1. The molecule has 0 spiro atoms. The molecule has 1 aromatic carbocycles. The van der Waals surface area contributed by atoms with Crippen LogP contribution in [0.2, 0.25) is 0 Å². The molecule has 7 heteroatoms. The van der Waals surface area contributed by atoms with Gasteiger partial charge in [0, 0.05) is 23.4 Å². The van der Waals surface area contributed by atoms with Crippen molar-refractivity contribution in [1.29, 1.82) is 0 Å². The molecule has 1 aliphatic rings. The first-order chi connectivity index (χ1) is 13.0. The summed E-state index contributed by atoms with van der Waals surface area (Å²) in [6, 6.07) is 9.31. The first-order valence-corrected chi connectivity index (χ1v) is 8.95. The molecule has 1 aliphatic carbocycles. The molecule has 2 aromatic heterocycles. The third kappa shape index (κ3) is 3.82. The van der Waals surface area contributed by atoms with Crippen LogP contribution < -0.4 is 5.32 Å². The second-order valence-electron chi connectivity index (χ2n) is 6.76. The maximum atomic E-state index is 12.8. The Morgan fingerprint density at radius 3 is 2.41 bits per heavy atom. The number of anilines is 1. The third-order valence-electron chi connectivity index (χ3n) is 4.88. The Morgan fingerprint density at radius 1 is 0.963 bits per heavy atom. The minimum Gasteiger partial charge on any atom is -0.367 e. The van der Waals surface area contributed by atoms with Gasteiger partial charge in [-0.15, -0.1) is 0 Å². The number of halogens is 3. The Morgan fingerprint density at radius 2 is 1.70 bits per heavy atom. The molecule has 2 heterocycles. The molecule has 4 rings (SSSR count). The summed E-state index contributed by atoms with van der Waals surface area (Å²) in [6.45, 7) is 0. The van der Waals surface area contributed by atoms with Gasteiger partial charge in [0.05, 0.1) is 23.3 Å². The molecule has 140 valence electrons. The van der Waals surface area contributed by atoms with E-state index in [0.717, 1.165) is 36.4 Å². The zero-order valence-electron chi connectivity index (χ0n) is 14.6. The molecule has 0 unspecified atom stereocenters. The number of aromatic amines is 1. The molecule has 0 saturated heterocycles. The maximum absolute atomic E-state index is 12.8. The largest absolute Gasteiger partial charge is 0.416 e. The lowest BCUT2D eigenvalue weighted by Crippen LogP contribution is -2.15. The highest BCUT2D eigenvalue weighted by molar-refractivity contribution is 5.79. The normalized spacial score (nSPS) is 15.2. The van der Waals surface area contributed by atoms with Crippen LogP contribution in [0.4, 0.5) is 19.0 Å². The second-order valence-corrected chi connectivity index (χ2v) is 6.76. The van der Waals surface area contributed by atoms with Crippen molar-refractivity contribution in [2.75, 3.05) is 5.32 Å². The number of nitrogens with one attached hydrogen (secondary N) is 2. The number of hydrogen-bond donors (Lipinski definition) is 2. The third-order valence-corrected chi connectivity index (χ3v) is 4.88. The zero-order chi connectivity index (χ0) is 18.9. The van der Waals surface area contributed by atoms with Crippen LogP contribution in [0.25, 0.3) is 22.5 Å². The average Bonchev–Trinajstić information content (AvgIpc) is 3.33. The van der Waals surface area contributed by atoms with E-state index in [1.165, 1.54) is 25.0 Å². The number of rotatable bonds is 4. The van der Waals surface area contributed by atoms with E-state index in [4.69, 9.17) is 0 Å².